The molecule has 26 heavy (non-hydrogen) atoms. The second-order valence-corrected chi connectivity index (χ2v) is 5.83. The van der Waals surface area contributed by atoms with Crippen LogP contribution in [0.5, 0.6) is 0 Å². The van der Waals surface area contributed by atoms with Gasteiger partial charge in [-0.2, -0.15) is 4.98 Å². The fourth-order valence-electron chi connectivity index (χ4n) is 2.38. The maximum Gasteiger partial charge on any atom is 0.508 e. The molecule has 4 rings (SSSR count). The summed E-state index contributed by atoms with van der Waals surface area (Å²) in [6, 6.07) is 9.42. The molecular weight excluding hydrogens is 360 g/mol. The Morgan fingerprint density at radius 3 is 2.69 bits per heavy atom. The summed E-state index contributed by atoms with van der Waals surface area (Å²) >= 11 is 5.96. The van der Waals surface area contributed by atoms with Gasteiger partial charge in [0.05, 0.1) is 5.59 Å². The monoisotopic (exact) mass is 369 g/mol. The fraction of sp³-hybridized carbons (Fsp3) is 0. The highest BCUT2D eigenvalue weighted by Crippen LogP contribution is 2.24. The van der Waals surface area contributed by atoms with E-state index in [4.69, 9.17) is 30.6 Å². The first-order chi connectivity index (χ1) is 12.5. The highest BCUT2D eigenvalue weighted by atomic mass is 35.5. The molecule has 0 saturated heterocycles. The molecule has 0 amide bonds. The van der Waals surface area contributed by atoms with Crippen LogP contribution in [0, 0.1) is 0 Å². The SMILES string of the molecule is O=c1oc2ccc(Cl)cc2cc1-c1nc(-c2ccc(B(O)O)nc2)no1. The summed E-state index contributed by atoms with van der Waals surface area (Å²) in [5, 5.41) is 23.1. The van der Waals surface area contributed by atoms with Crippen LogP contribution >= 0.6 is 11.6 Å². The number of aromatic nitrogens is 3. The summed E-state index contributed by atoms with van der Waals surface area (Å²) in [7, 11) is -1.67. The van der Waals surface area contributed by atoms with Gasteiger partial charge in [-0.15, -0.1) is 0 Å². The number of hydrogen-bond donors (Lipinski definition) is 2. The zero-order valence-electron chi connectivity index (χ0n) is 13.0. The summed E-state index contributed by atoms with van der Waals surface area (Å²) in [6.07, 6.45) is 1.37. The summed E-state index contributed by atoms with van der Waals surface area (Å²) in [4.78, 5) is 20.3. The summed E-state index contributed by atoms with van der Waals surface area (Å²) in [5.74, 6) is 0.180. The second-order valence-electron chi connectivity index (χ2n) is 5.40. The Bertz CT molecular complexity index is 1160. The first kappa shape index (κ1) is 16.5. The number of nitrogens with zero attached hydrogens (tertiary/aromatic N) is 3. The van der Waals surface area contributed by atoms with Crippen molar-refractivity contribution in [2.45, 2.75) is 0 Å². The van der Waals surface area contributed by atoms with Crippen LogP contribution in [0.1, 0.15) is 0 Å². The maximum absolute atomic E-state index is 12.2. The average molecular weight is 370 g/mol. The van der Waals surface area contributed by atoms with Crippen molar-refractivity contribution in [1.29, 1.82) is 0 Å². The van der Waals surface area contributed by atoms with Crippen LogP contribution in [-0.2, 0) is 0 Å². The smallest absolute Gasteiger partial charge is 0.422 e. The molecule has 0 unspecified atom stereocenters. The normalized spacial score (nSPS) is 11.0. The predicted octanol–water partition coefficient (Wildman–Crippen LogP) is 1.24. The van der Waals surface area contributed by atoms with Crippen LogP contribution in [0.25, 0.3) is 33.8 Å². The molecule has 3 aromatic heterocycles. The van der Waals surface area contributed by atoms with Gasteiger partial charge in [-0.25, -0.2) is 4.79 Å². The quantitative estimate of drug-likeness (QED) is 0.408. The van der Waals surface area contributed by atoms with Crippen molar-refractivity contribution in [3.05, 3.63) is 58.0 Å². The van der Waals surface area contributed by atoms with Crippen molar-refractivity contribution < 1.29 is 19.0 Å². The van der Waals surface area contributed by atoms with Crippen molar-refractivity contribution >= 4 is 35.3 Å². The van der Waals surface area contributed by atoms with Gasteiger partial charge < -0.3 is 19.0 Å². The van der Waals surface area contributed by atoms with Gasteiger partial charge in [0.1, 0.15) is 11.1 Å². The van der Waals surface area contributed by atoms with E-state index in [1.165, 1.54) is 12.3 Å². The van der Waals surface area contributed by atoms with Gasteiger partial charge in [-0.3, -0.25) is 4.98 Å². The fourth-order valence-corrected chi connectivity index (χ4v) is 2.56. The molecule has 0 atom stereocenters. The standard InChI is InChI=1S/C16H9BClN3O5/c18-10-2-3-12-9(5-10)6-11(16(22)25-12)15-20-14(21-26-15)8-1-4-13(17(23)24)19-7-8/h1-7,23-24H. The zero-order valence-corrected chi connectivity index (χ0v) is 13.7. The molecule has 0 fully saturated rings. The molecule has 3 heterocycles. The summed E-state index contributed by atoms with van der Waals surface area (Å²) in [6.45, 7) is 0. The first-order valence-electron chi connectivity index (χ1n) is 7.41. The number of benzene rings is 1. The van der Waals surface area contributed by atoms with E-state index >= 15 is 0 Å². The van der Waals surface area contributed by atoms with Crippen molar-refractivity contribution in [3.8, 4) is 22.8 Å². The number of halogens is 1. The van der Waals surface area contributed by atoms with Crippen LogP contribution in [0.2, 0.25) is 5.02 Å². The third-order valence-corrected chi connectivity index (χ3v) is 3.89. The van der Waals surface area contributed by atoms with Crippen LogP contribution in [0.3, 0.4) is 0 Å². The molecule has 2 N–H and O–H groups in total. The van der Waals surface area contributed by atoms with E-state index in [0.29, 0.717) is 21.6 Å². The molecule has 0 aliphatic carbocycles. The molecule has 8 nitrogen and oxygen atoms in total. The number of pyridine rings is 1. The lowest BCUT2D eigenvalue weighted by Gasteiger charge is -1.99. The minimum Gasteiger partial charge on any atom is -0.422 e. The van der Waals surface area contributed by atoms with E-state index in [9.17, 15) is 4.79 Å². The first-order valence-corrected chi connectivity index (χ1v) is 7.79. The molecule has 0 bridgehead atoms. The summed E-state index contributed by atoms with van der Waals surface area (Å²) < 4.78 is 10.4. The Balaban J connectivity index is 1.75. The Morgan fingerprint density at radius 2 is 1.96 bits per heavy atom. The Hall–Kier alpha value is -3.01. The second kappa shape index (κ2) is 6.38. The Kier molecular flexibility index (Phi) is 4.04. The summed E-state index contributed by atoms with van der Waals surface area (Å²) in [5.41, 5.74) is 0.452. The lowest BCUT2D eigenvalue weighted by atomic mass is 9.85. The van der Waals surface area contributed by atoms with E-state index in [0.717, 1.165) is 0 Å². The largest absolute Gasteiger partial charge is 0.508 e. The molecule has 10 heteroatoms. The van der Waals surface area contributed by atoms with Crippen molar-refractivity contribution in [2.75, 3.05) is 0 Å². The number of hydrogen-bond acceptors (Lipinski definition) is 8. The molecule has 0 aliphatic rings. The lowest BCUT2D eigenvalue weighted by molar-refractivity contribution is 0.424. The highest BCUT2D eigenvalue weighted by Gasteiger charge is 2.17. The highest BCUT2D eigenvalue weighted by molar-refractivity contribution is 6.57. The maximum atomic E-state index is 12.2. The molecule has 0 spiro atoms. The van der Waals surface area contributed by atoms with Gasteiger partial charge in [-0.05, 0) is 36.4 Å². The van der Waals surface area contributed by atoms with Crippen LogP contribution in [0.15, 0.2) is 56.3 Å². The molecule has 1 aromatic carbocycles. The van der Waals surface area contributed by atoms with Crippen molar-refractivity contribution in [1.82, 2.24) is 15.1 Å². The van der Waals surface area contributed by atoms with Gasteiger partial charge in [0.2, 0.25) is 5.82 Å². The van der Waals surface area contributed by atoms with E-state index in [1.54, 1.807) is 30.3 Å². The van der Waals surface area contributed by atoms with E-state index < -0.39 is 12.7 Å². The average Bonchev–Trinajstić information content (AvgIpc) is 3.11. The minimum absolute atomic E-state index is 0.0121. The molecule has 4 aromatic rings. The molecule has 0 saturated carbocycles. The van der Waals surface area contributed by atoms with E-state index in [-0.39, 0.29) is 22.9 Å². The van der Waals surface area contributed by atoms with Crippen LogP contribution in [-0.4, -0.2) is 32.3 Å². The minimum atomic E-state index is -1.67. The molecule has 0 aliphatic heterocycles. The topological polar surface area (TPSA) is 122 Å². The number of rotatable bonds is 3. The van der Waals surface area contributed by atoms with Crippen LogP contribution in [0.4, 0.5) is 0 Å². The van der Waals surface area contributed by atoms with Gasteiger partial charge in [-0.1, -0.05) is 16.8 Å². The lowest BCUT2D eigenvalue weighted by Crippen LogP contribution is -2.32. The van der Waals surface area contributed by atoms with E-state index in [2.05, 4.69) is 15.1 Å². The van der Waals surface area contributed by atoms with Crippen molar-refractivity contribution in [3.63, 3.8) is 0 Å². The van der Waals surface area contributed by atoms with Gasteiger partial charge in [0.25, 0.3) is 5.89 Å². The Labute approximate surface area is 150 Å². The predicted molar refractivity (Wildman–Crippen MR) is 93.8 cm³/mol. The molecule has 128 valence electrons. The van der Waals surface area contributed by atoms with E-state index in [1.807, 2.05) is 0 Å². The third-order valence-electron chi connectivity index (χ3n) is 3.66. The third kappa shape index (κ3) is 2.99. The van der Waals surface area contributed by atoms with Crippen molar-refractivity contribution in [2.24, 2.45) is 0 Å². The van der Waals surface area contributed by atoms with Gasteiger partial charge in [0, 0.05) is 22.2 Å². The van der Waals surface area contributed by atoms with Gasteiger partial charge >= 0.3 is 12.7 Å². The van der Waals surface area contributed by atoms with Crippen LogP contribution < -0.4 is 11.2 Å². The zero-order chi connectivity index (χ0) is 18.3. The Morgan fingerprint density at radius 1 is 1.12 bits per heavy atom. The molecule has 0 radical (unpaired) electrons. The molecular formula is C16H9BClN3O5. The van der Waals surface area contributed by atoms with Gasteiger partial charge in [0.15, 0.2) is 0 Å². The number of fused-ring (bicyclic) bond motifs is 1.